The molecule has 1 aliphatic heterocycles. The number of primary amides is 1. The van der Waals surface area contributed by atoms with Gasteiger partial charge in [0.05, 0.1) is 17.1 Å². The molecule has 142 valence electrons. The summed E-state index contributed by atoms with van der Waals surface area (Å²) in [4.78, 5) is 25.9. The number of hydrogen-bond acceptors (Lipinski definition) is 7. The molecule has 1 aromatic heterocycles. The third-order valence-corrected chi connectivity index (χ3v) is 4.17. The van der Waals surface area contributed by atoms with E-state index >= 15 is 0 Å². The number of rotatable bonds is 7. The normalized spacial score (nSPS) is 15.0. The third-order valence-electron chi connectivity index (χ3n) is 4.17. The molecule has 0 radical (unpaired) electrons. The minimum atomic E-state index is -0.801. The van der Waals surface area contributed by atoms with Gasteiger partial charge in [0.25, 0.3) is 11.6 Å². The Kier molecular flexibility index (Phi) is 5.11. The number of hydrogen-bond donors (Lipinski definition) is 2. The van der Waals surface area contributed by atoms with Crippen molar-refractivity contribution in [3.63, 3.8) is 0 Å². The molecule has 1 atom stereocenters. The number of anilines is 1. The fourth-order valence-electron chi connectivity index (χ4n) is 2.97. The minimum Gasteiger partial charge on any atom is -0.494 e. The molecular formula is C18H20N4O5. The number of carbonyl (C=O) groups excluding carboxylic acids is 1. The van der Waals surface area contributed by atoms with Crippen molar-refractivity contribution in [3.8, 4) is 11.5 Å². The van der Waals surface area contributed by atoms with Gasteiger partial charge in [-0.25, -0.2) is 4.98 Å². The number of ether oxygens (including phenoxy) is 2. The van der Waals surface area contributed by atoms with Gasteiger partial charge >= 0.3 is 0 Å². The van der Waals surface area contributed by atoms with Crippen LogP contribution in [0.25, 0.3) is 0 Å². The lowest BCUT2D eigenvalue weighted by molar-refractivity contribution is -0.385. The summed E-state index contributed by atoms with van der Waals surface area (Å²) in [5.41, 5.74) is 6.89. The molecule has 0 aliphatic carbocycles. The van der Waals surface area contributed by atoms with Crippen LogP contribution in [0.5, 0.6) is 11.5 Å². The Balaban J connectivity index is 1.87. The number of fused-ring (bicyclic) bond motifs is 1. The monoisotopic (exact) mass is 372 g/mol. The Morgan fingerprint density at radius 2 is 2.26 bits per heavy atom. The molecule has 3 rings (SSSR count). The van der Waals surface area contributed by atoms with Crippen LogP contribution >= 0.6 is 0 Å². The largest absolute Gasteiger partial charge is 0.494 e. The Morgan fingerprint density at radius 1 is 1.48 bits per heavy atom. The molecule has 2 aromatic rings. The molecule has 2 heterocycles. The van der Waals surface area contributed by atoms with Gasteiger partial charge in [-0.05, 0) is 26.0 Å². The van der Waals surface area contributed by atoms with Crippen molar-refractivity contribution in [2.45, 2.75) is 32.9 Å². The summed E-state index contributed by atoms with van der Waals surface area (Å²) in [7, 11) is 0. The van der Waals surface area contributed by atoms with Crippen LogP contribution in [0.2, 0.25) is 0 Å². The first kappa shape index (κ1) is 18.4. The van der Waals surface area contributed by atoms with Crippen LogP contribution in [0.4, 0.5) is 11.5 Å². The van der Waals surface area contributed by atoms with Crippen molar-refractivity contribution in [3.05, 3.63) is 51.2 Å². The highest BCUT2D eigenvalue weighted by atomic mass is 16.6. The number of nitrogens with zero attached hydrogens (tertiary/aromatic N) is 2. The SMILES string of the molecule is CCOc1cc2c(cc1CNc1ncc([N+](=O)[O-])cc1C(N)=O)O[C@H](C)C2. The van der Waals surface area contributed by atoms with E-state index in [9.17, 15) is 14.9 Å². The number of nitrogens with one attached hydrogen (secondary N) is 1. The molecule has 3 N–H and O–H groups in total. The zero-order valence-corrected chi connectivity index (χ0v) is 15.0. The lowest BCUT2D eigenvalue weighted by atomic mass is 10.1. The topological polar surface area (TPSA) is 130 Å². The number of nitro groups is 1. The second kappa shape index (κ2) is 7.48. The van der Waals surface area contributed by atoms with E-state index < -0.39 is 10.8 Å². The summed E-state index contributed by atoms with van der Waals surface area (Å²) in [6.07, 6.45) is 2.00. The van der Waals surface area contributed by atoms with Gasteiger partial charge in [0, 0.05) is 30.2 Å². The van der Waals surface area contributed by atoms with Crippen LogP contribution < -0.4 is 20.5 Å². The predicted octanol–water partition coefficient (Wildman–Crippen LogP) is 2.42. The van der Waals surface area contributed by atoms with Crippen molar-refractivity contribution < 1.29 is 19.2 Å². The molecule has 9 nitrogen and oxygen atoms in total. The van der Waals surface area contributed by atoms with Crippen LogP contribution in [-0.2, 0) is 13.0 Å². The number of amides is 1. The smallest absolute Gasteiger partial charge is 0.288 e. The second-order valence-electron chi connectivity index (χ2n) is 6.20. The maximum Gasteiger partial charge on any atom is 0.288 e. The third kappa shape index (κ3) is 3.91. The summed E-state index contributed by atoms with van der Waals surface area (Å²) in [6, 6.07) is 4.96. The van der Waals surface area contributed by atoms with Gasteiger partial charge in [-0.15, -0.1) is 0 Å². The van der Waals surface area contributed by atoms with Gasteiger partial charge in [0.15, 0.2) is 0 Å². The zero-order valence-electron chi connectivity index (χ0n) is 15.0. The molecule has 0 saturated heterocycles. The maximum absolute atomic E-state index is 11.6. The van der Waals surface area contributed by atoms with Crippen molar-refractivity contribution in [2.24, 2.45) is 5.73 Å². The Morgan fingerprint density at radius 3 is 2.93 bits per heavy atom. The van der Waals surface area contributed by atoms with Gasteiger partial charge in [0.2, 0.25) is 0 Å². The predicted molar refractivity (Wildman–Crippen MR) is 98.1 cm³/mol. The number of nitrogens with two attached hydrogens (primary N) is 1. The van der Waals surface area contributed by atoms with E-state index in [4.69, 9.17) is 15.2 Å². The van der Waals surface area contributed by atoms with Crippen molar-refractivity contribution in [1.82, 2.24) is 4.98 Å². The highest BCUT2D eigenvalue weighted by molar-refractivity contribution is 5.98. The molecule has 0 spiro atoms. The number of carbonyl (C=O) groups is 1. The summed E-state index contributed by atoms with van der Waals surface area (Å²) in [5, 5.41) is 13.9. The summed E-state index contributed by atoms with van der Waals surface area (Å²) in [5.74, 6) is 0.883. The standard InChI is InChI=1S/C18H20N4O5/c1-3-26-15-5-11-4-10(2)27-16(11)6-12(15)8-20-18-14(17(19)23)7-13(9-21-18)22(24)25/h5-7,9-10H,3-4,8H2,1-2H3,(H2,19,23)(H,20,21)/t10-/m1/s1. The first-order chi connectivity index (χ1) is 12.9. The van der Waals surface area contributed by atoms with Crippen molar-refractivity contribution in [1.29, 1.82) is 0 Å². The van der Waals surface area contributed by atoms with E-state index in [-0.39, 0.29) is 29.7 Å². The molecule has 1 aliphatic rings. The fraction of sp³-hybridized carbons (Fsp3) is 0.333. The molecule has 0 fully saturated rings. The highest BCUT2D eigenvalue weighted by Crippen LogP contribution is 2.35. The van der Waals surface area contributed by atoms with Gasteiger partial charge in [0.1, 0.15) is 29.6 Å². The molecule has 9 heteroatoms. The van der Waals surface area contributed by atoms with E-state index in [0.29, 0.717) is 12.4 Å². The minimum absolute atomic E-state index is 0.0480. The van der Waals surface area contributed by atoms with E-state index in [1.54, 1.807) is 0 Å². The number of pyridine rings is 1. The molecule has 1 aromatic carbocycles. The van der Waals surface area contributed by atoms with Crippen LogP contribution in [0, 0.1) is 10.1 Å². The maximum atomic E-state index is 11.6. The summed E-state index contributed by atoms with van der Waals surface area (Å²) in [6.45, 7) is 4.68. The zero-order chi connectivity index (χ0) is 19.6. The average molecular weight is 372 g/mol. The molecule has 27 heavy (non-hydrogen) atoms. The Labute approximate surface area is 155 Å². The Hall–Kier alpha value is -3.36. The number of benzene rings is 1. The van der Waals surface area contributed by atoms with Gasteiger partial charge in [-0.3, -0.25) is 14.9 Å². The van der Waals surface area contributed by atoms with Crippen LogP contribution in [0.15, 0.2) is 24.4 Å². The number of aromatic nitrogens is 1. The van der Waals surface area contributed by atoms with Gasteiger partial charge < -0.3 is 20.5 Å². The van der Waals surface area contributed by atoms with E-state index in [1.165, 1.54) is 0 Å². The van der Waals surface area contributed by atoms with Crippen LogP contribution in [0.3, 0.4) is 0 Å². The van der Waals surface area contributed by atoms with E-state index in [2.05, 4.69) is 10.3 Å². The first-order valence-electron chi connectivity index (χ1n) is 8.52. The van der Waals surface area contributed by atoms with Crippen molar-refractivity contribution in [2.75, 3.05) is 11.9 Å². The van der Waals surface area contributed by atoms with Gasteiger partial charge in [-0.2, -0.15) is 0 Å². The molecular weight excluding hydrogens is 352 g/mol. The summed E-state index contributed by atoms with van der Waals surface area (Å²) >= 11 is 0. The van der Waals surface area contributed by atoms with Crippen LogP contribution in [0.1, 0.15) is 35.3 Å². The lowest BCUT2D eigenvalue weighted by Gasteiger charge is -2.14. The highest BCUT2D eigenvalue weighted by Gasteiger charge is 2.22. The van der Waals surface area contributed by atoms with Crippen molar-refractivity contribution >= 4 is 17.4 Å². The lowest BCUT2D eigenvalue weighted by Crippen LogP contribution is -2.16. The molecule has 1 amide bonds. The molecule has 0 bridgehead atoms. The van der Waals surface area contributed by atoms with Gasteiger partial charge in [-0.1, -0.05) is 0 Å². The van der Waals surface area contributed by atoms with E-state index in [1.807, 2.05) is 26.0 Å². The van der Waals surface area contributed by atoms with E-state index in [0.717, 1.165) is 35.6 Å². The first-order valence-corrected chi connectivity index (χ1v) is 8.52. The van der Waals surface area contributed by atoms with Crippen LogP contribution in [-0.4, -0.2) is 28.5 Å². The molecule has 0 saturated carbocycles. The average Bonchev–Trinajstić information content (AvgIpc) is 2.98. The fourth-order valence-corrected chi connectivity index (χ4v) is 2.97. The quantitative estimate of drug-likeness (QED) is 0.564. The molecule has 0 unspecified atom stereocenters. The Bertz CT molecular complexity index is 900. The summed E-state index contributed by atoms with van der Waals surface area (Å²) < 4.78 is 11.5. The second-order valence-corrected chi connectivity index (χ2v) is 6.20.